The van der Waals surface area contributed by atoms with E-state index in [1.54, 1.807) is 12.3 Å². The summed E-state index contributed by atoms with van der Waals surface area (Å²) in [6.07, 6.45) is 6.27. The van der Waals surface area contributed by atoms with Crippen molar-refractivity contribution in [3.8, 4) is 0 Å². The van der Waals surface area contributed by atoms with Crippen LogP contribution >= 0.6 is 0 Å². The third-order valence-electron chi connectivity index (χ3n) is 5.69. The Bertz CT molecular complexity index is 1500. The Balaban J connectivity index is 0.000000135. The average molecular weight is 412 g/mol. The van der Waals surface area contributed by atoms with Crippen molar-refractivity contribution in [2.45, 2.75) is 0 Å². The number of carbonyl (C=O) groups is 1. The molecule has 0 radical (unpaired) electrons. The molecule has 0 bridgehead atoms. The van der Waals surface area contributed by atoms with E-state index in [2.05, 4.69) is 40.8 Å². The summed E-state index contributed by atoms with van der Waals surface area (Å²) >= 11 is 0. The zero-order valence-corrected chi connectivity index (χ0v) is 17.4. The van der Waals surface area contributed by atoms with Gasteiger partial charge in [-0.05, 0) is 28.5 Å². The molecule has 0 amide bonds. The van der Waals surface area contributed by atoms with Crippen LogP contribution in [0.5, 0.6) is 0 Å². The molecule has 0 saturated carbocycles. The predicted octanol–water partition coefficient (Wildman–Crippen LogP) is 7.23. The highest BCUT2D eigenvalue weighted by molar-refractivity contribution is 6.10. The lowest BCUT2D eigenvalue weighted by molar-refractivity contribution is 0.112. The normalized spacial score (nSPS) is 10.8. The molecule has 0 unspecified atom stereocenters. The van der Waals surface area contributed by atoms with Crippen LogP contribution in [-0.4, -0.2) is 16.3 Å². The number of pyridine rings is 2. The Morgan fingerprint density at radius 1 is 0.562 bits per heavy atom. The van der Waals surface area contributed by atoms with Crippen molar-refractivity contribution in [3.05, 3.63) is 115 Å². The molecule has 152 valence electrons. The van der Waals surface area contributed by atoms with E-state index in [4.69, 9.17) is 0 Å². The van der Waals surface area contributed by atoms with E-state index < -0.39 is 0 Å². The molecule has 2 aromatic heterocycles. The number of aldehydes is 1. The molecule has 0 aliphatic carbocycles. The van der Waals surface area contributed by atoms with Crippen LogP contribution in [0, 0.1) is 0 Å². The van der Waals surface area contributed by atoms with E-state index in [1.807, 2.05) is 66.9 Å². The number of fused-ring (bicyclic) bond motifs is 6. The monoisotopic (exact) mass is 412 g/mol. The van der Waals surface area contributed by atoms with Crippen molar-refractivity contribution in [2.75, 3.05) is 0 Å². The van der Waals surface area contributed by atoms with Crippen molar-refractivity contribution in [3.63, 3.8) is 0 Å². The minimum atomic E-state index is 0.691. The van der Waals surface area contributed by atoms with Gasteiger partial charge in [-0.15, -0.1) is 0 Å². The van der Waals surface area contributed by atoms with Gasteiger partial charge in [0.2, 0.25) is 0 Å². The number of benzene rings is 4. The van der Waals surface area contributed by atoms with Crippen molar-refractivity contribution in [1.29, 1.82) is 0 Å². The summed E-state index contributed by atoms with van der Waals surface area (Å²) < 4.78 is 0. The minimum Gasteiger partial charge on any atom is -0.298 e. The predicted molar refractivity (Wildman–Crippen MR) is 134 cm³/mol. The van der Waals surface area contributed by atoms with E-state index in [1.165, 1.54) is 10.8 Å². The molecular formula is C29H20N2O. The standard InChI is InChI=1S/C15H11N.C14H9NO/c1-2-11-9-10-16-15-13-6-4-3-5-12(13)7-8-14(11)15;16-9-11-7-8-15-14-12-4-2-1-3-10(12)5-6-13(11)14/h2-10H,1H2;1-9H. The molecule has 0 aliphatic rings. The first-order valence-electron chi connectivity index (χ1n) is 10.4. The van der Waals surface area contributed by atoms with Gasteiger partial charge >= 0.3 is 0 Å². The van der Waals surface area contributed by atoms with Gasteiger partial charge in [-0.25, -0.2) is 0 Å². The smallest absolute Gasteiger partial charge is 0.150 e. The first-order chi connectivity index (χ1) is 15.8. The highest BCUT2D eigenvalue weighted by Gasteiger charge is 2.05. The van der Waals surface area contributed by atoms with E-state index in [9.17, 15) is 4.79 Å². The molecule has 3 heteroatoms. The Labute approximate surface area is 185 Å². The number of carbonyl (C=O) groups excluding carboxylic acids is 1. The van der Waals surface area contributed by atoms with E-state index in [-0.39, 0.29) is 0 Å². The molecule has 0 atom stereocenters. The lowest BCUT2D eigenvalue weighted by Crippen LogP contribution is -1.87. The van der Waals surface area contributed by atoms with E-state index in [0.717, 1.165) is 44.4 Å². The van der Waals surface area contributed by atoms with Crippen molar-refractivity contribution >= 4 is 55.7 Å². The second kappa shape index (κ2) is 8.40. The number of hydrogen-bond acceptors (Lipinski definition) is 3. The van der Waals surface area contributed by atoms with Gasteiger partial charge in [0, 0.05) is 39.5 Å². The molecule has 6 rings (SSSR count). The fraction of sp³-hybridized carbons (Fsp3) is 0. The zero-order chi connectivity index (χ0) is 21.9. The Morgan fingerprint density at radius 2 is 1.06 bits per heavy atom. The second-order valence-electron chi connectivity index (χ2n) is 7.49. The summed E-state index contributed by atoms with van der Waals surface area (Å²) in [5.41, 5.74) is 3.77. The van der Waals surface area contributed by atoms with Crippen LogP contribution < -0.4 is 0 Å². The fourth-order valence-electron chi connectivity index (χ4n) is 4.10. The first-order valence-corrected chi connectivity index (χ1v) is 10.4. The van der Waals surface area contributed by atoms with Crippen LogP contribution in [-0.2, 0) is 0 Å². The second-order valence-corrected chi connectivity index (χ2v) is 7.49. The Morgan fingerprint density at radius 3 is 1.59 bits per heavy atom. The summed E-state index contributed by atoms with van der Waals surface area (Å²) in [7, 11) is 0. The van der Waals surface area contributed by atoms with Gasteiger partial charge in [0.1, 0.15) is 0 Å². The molecule has 0 aliphatic heterocycles. The number of rotatable bonds is 2. The highest BCUT2D eigenvalue weighted by atomic mass is 16.1. The minimum absolute atomic E-state index is 0.691. The van der Waals surface area contributed by atoms with Crippen molar-refractivity contribution in [1.82, 2.24) is 9.97 Å². The molecule has 2 heterocycles. The van der Waals surface area contributed by atoms with Gasteiger partial charge in [-0.3, -0.25) is 14.8 Å². The van der Waals surface area contributed by atoms with E-state index in [0.29, 0.717) is 5.56 Å². The number of nitrogens with zero attached hydrogens (tertiary/aromatic N) is 2. The number of hydrogen-bond donors (Lipinski definition) is 0. The summed E-state index contributed by atoms with van der Waals surface area (Å²) in [6, 6.07) is 28.3. The van der Waals surface area contributed by atoms with Crippen molar-refractivity contribution < 1.29 is 4.79 Å². The largest absolute Gasteiger partial charge is 0.298 e. The van der Waals surface area contributed by atoms with Gasteiger partial charge < -0.3 is 0 Å². The Kier molecular flexibility index (Phi) is 5.14. The lowest BCUT2D eigenvalue weighted by atomic mass is 10.0. The molecule has 0 spiro atoms. The first kappa shape index (κ1) is 19.6. The van der Waals surface area contributed by atoms with Crippen LogP contribution in [0.2, 0.25) is 0 Å². The highest BCUT2D eigenvalue weighted by Crippen LogP contribution is 2.26. The van der Waals surface area contributed by atoms with Crippen LogP contribution in [0.25, 0.3) is 49.4 Å². The van der Waals surface area contributed by atoms with Gasteiger partial charge in [-0.1, -0.05) is 85.5 Å². The third kappa shape index (κ3) is 3.40. The molecule has 32 heavy (non-hydrogen) atoms. The third-order valence-corrected chi connectivity index (χ3v) is 5.69. The molecule has 3 nitrogen and oxygen atoms in total. The molecule has 0 saturated heterocycles. The van der Waals surface area contributed by atoms with Crippen LogP contribution in [0.15, 0.2) is 104 Å². The molecular weight excluding hydrogens is 392 g/mol. The fourth-order valence-corrected chi connectivity index (χ4v) is 4.10. The maximum atomic E-state index is 10.9. The maximum Gasteiger partial charge on any atom is 0.150 e. The number of aromatic nitrogens is 2. The van der Waals surface area contributed by atoms with E-state index >= 15 is 0 Å². The SMILES string of the molecule is C=Cc1ccnc2c1ccc1ccccc12.O=Cc1ccnc2c1ccc1ccccc12. The molecule has 6 aromatic rings. The summed E-state index contributed by atoms with van der Waals surface area (Å²) in [5, 5.41) is 6.73. The van der Waals surface area contributed by atoms with Gasteiger partial charge in [0.05, 0.1) is 11.0 Å². The summed E-state index contributed by atoms with van der Waals surface area (Å²) in [6.45, 7) is 3.83. The average Bonchev–Trinajstić information content (AvgIpc) is 2.88. The van der Waals surface area contributed by atoms with Crippen LogP contribution in [0.4, 0.5) is 0 Å². The quantitative estimate of drug-likeness (QED) is 0.222. The van der Waals surface area contributed by atoms with Crippen LogP contribution in [0.1, 0.15) is 15.9 Å². The summed E-state index contributed by atoms with van der Waals surface area (Å²) in [5.74, 6) is 0. The van der Waals surface area contributed by atoms with Crippen molar-refractivity contribution in [2.24, 2.45) is 0 Å². The molecule has 0 N–H and O–H groups in total. The molecule has 4 aromatic carbocycles. The van der Waals surface area contributed by atoms with Crippen LogP contribution in [0.3, 0.4) is 0 Å². The maximum absolute atomic E-state index is 10.9. The zero-order valence-electron chi connectivity index (χ0n) is 17.4. The Hall–Kier alpha value is -4.37. The summed E-state index contributed by atoms with van der Waals surface area (Å²) in [4.78, 5) is 19.8. The topological polar surface area (TPSA) is 42.9 Å². The van der Waals surface area contributed by atoms with Gasteiger partial charge in [0.15, 0.2) is 6.29 Å². The lowest BCUT2D eigenvalue weighted by Gasteiger charge is -2.05. The van der Waals surface area contributed by atoms with Gasteiger partial charge in [-0.2, -0.15) is 0 Å². The van der Waals surface area contributed by atoms with Gasteiger partial charge in [0.25, 0.3) is 0 Å². The molecule has 0 fully saturated rings.